The molecule has 0 aromatic rings. The summed E-state index contributed by atoms with van der Waals surface area (Å²) >= 11 is 0. The summed E-state index contributed by atoms with van der Waals surface area (Å²) < 4.78 is 0. The number of nitrogens with zero attached hydrogens (tertiary/aromatic N) is 2. The first-order valence-corrected chi connectivity index (χ1v) is 11.3. The number of nitrogens with one attached hydrogen (secondary N) is 2. The quantitative estimate of drug-likeness (QED) is 0.0651. The minimum absolute atomic E-state index is 0.120. The highest BCUT2D eigenvalue weighted by atomic mass is 16.4. The second-order valence-electron chi connectivity index (χ2n) is 8.37. The molecule has 0 aromatic carbocycles. The molecular weight excluding hydrogens is 464 g/mol. The third-order valence-electron chi connectivity index (χ3n) is 5.51. The Morgan fingerprint density at radius 1 is 1.09 bits per heavy atom. The highest BCUT2D eigenvalue weighted by Gasteiger charge is 2.39. The van der Waals surface area contributed by atoms with Crippen LogP contribution in [0, 0.1) is 0 Å². The molecule has 198 valence electrons. The first kappa shape index (κ1) is 29.6. The number of primary amides is 1. The number of hydrogen-bond donors (Lipinski definition) is 8. The summed E-state index contributed by atoms with van der Waals surface area (Å²) in [6.07, 6.45) is -0.403. The van der Waals surface area contributed by atoms with Gasteiger partial charge in [0.15, 0.2) is 5.96 Å². The van der Waals surface area contributed by atoms with Gasteiger partial charge in [0, 0.05) is 19.5 Å². The minimum atomic E-state index is -1.35. The van der Waals surface area contributed by atoms with Gasteiger partial charge in [-0.3, -0.25) is 24.2 Å². The van der Waals surface area contributed by atoms with Crippen LogP contribution in [0.25, 0.3) is 0 Å². The fraction of sp³-hybridized carbons (Fsp3) is 0.700. The zero-order chi connectivity index (χ0) is 26.7. The molecule has 5 unspecified atom stereocenters. The van der Waals surface area contributed by atoms with Gasteiger partial charge < -0.3 is 48.7 Å². The number of nitrogens with two attached hydrogens (primary N) is 4. The number of aliphatic imine (C=N–C) groups is 1. The number of amides is 4. The molecule has 12 N–H and O–H groups in total. The Labute approximate surface area is 202 Å². The lowest BCUT2D eigenvalue weighted by atomic mass is 10.1. The first-order valence-electron chi connectivity index (χ1n) is 11.3. The average molecular weight is 501 g/mol. The van der Waals surface area contributed by atoms with Gasteiger partial charge in [0.05, 0.1) is 6.10 Å². The van der Waals surface area contributed by atoms with Crippen molar-refractivity contribution in [2.75, 3.05) is 13.1 Å². The van der Waals surface area contributed by atoms with E-state index in [0.717, 1.165) is 0 Å². The second kappa shape index (κ2) is 14.1. The molecule has 1 heterocycles. The van der Waals surface area contributed by atoms with E-state index in [9.17, 15) is 34.2 Å². The van der Waals surface area contributed by atoms with E-state index in [4.69, 9.17) is 22.9 Å². The van der Waals surface area contributed by atoms with E-state index in [2.05, 4.69) is 15.6 Å². The molecule has 1 aliphatic rings. The molecule has 1 aliphatic heterocycles. The van der Waals surface area contributed by atoms with Gasteiger partial charge in [-0.2, -0.15) is 0 Å². The monoisotopic (exact) mass is 500 g/mol. The van der Waals surface area contributed by atoms with Gasteiger partial charge in [0.2, 0.25) is 23.6 Å². The van der Waals surface area contributed by atoms with Crippen LogP contribution in [0.2, 0.25) is 0 Å². The molecule has 0 bridgehead atoms. The summed E-state index contributed by atoms with van der Waals surface area (Å²) in [5, 5.41) is 23.8. The summed E-state index contributed by atoms with van der Waals surface area (Å²) in [5.74, 6) is -4.20. The van der Waals surface area contributed by atoms with Crippen molar-refractivity contribution >= 4 is 35.6 Å². The van der Waals surface area contributed by atoms with E-state index in [1.807, 2.05) is 0 Å². The van der Waals surface area contributed by atoms with Crippen molar-refractivity contribution in [1.82, 2.24) is 15.5 Å². The molecule has 15 nitrogen and oxygen atoms in total. The molecule has 15 heteroatoms. The highest BCUT2D eigenvalue weighted by Crippen LogP contribution is 2.20. The van der Waals surface area contributed by atoms with Gasteiger partial charge in [-0.1, -0.05) is 0 Å². The van der Waals surface area contributed by atoms with Crippen LogP contribution in [-0.4, -0.2) is 94.0 Å². The number of carboxylic acids is 1. The Morgan fingerprint density at radius 2 is 1.74 bits per heavy atom. The molecule has 35 heavy (non-hydrogen) atoms. The smallest absolute Gasteiger partial charge is 0.326 e. The zero-order valence-corrected chi connectivity index (χ0v) is 19.7. The van der Waals surface area contributed by atoms with Gasteiger partial charge >= 0.3 is 5.97 Å². The summed E-state index contributed by atoms with van der Waals surface area (Å²) in [4.78, 5) is 66.1. The van der Waals surface area contributed by atoms with E-state index in [1.165, 1.54) is 11.8 Å². The number of hydrogen-bond acceptors (Lipinski definition) is 8. The number of aliphatic carboxylic acids is 1. The molecule has 0 spiro atoms. The fourth-order valence-corrected chi connectivity index (χ4v) is 3.56. The van der Waals surface area contributed by atoms with Gasteiger partial charge in [-0.25, -0.2) is 4.79 Å². The van der Waals surface area contributed by atoms with Crippen LogP contribution in [-0.2, 0) is 24.0 Å². The number of carbonyl (C=O) groups excluding carboxylic acids is 4. The van der Waals surface area contributed by atoms with Crippen molar-refractivity contribution in [3.8, 4) is 0 Å². The van der Waals surface area contributed by atoms with Crippen molar-refractivity contribution in [1.29, 1.82) is 0 Å². The maximum absolute atomic E-state index is 13.3. The van der Waals surface area contributed by atoms with Crippen LogP contribution in [0.3, 0.4) is 0 Å². The van der Waals surface area contributed by atoms with Crippen LogP contribution in [0.1, 0.15) is 45.4 Å². The topological polar surface area (TPSA) is 270 Å². The fourth-order valence-electron chi connectivity index (χ4n) is 3.56. The standard InChI is InChI=1S/C20H36N8O7/c1-10(29)15(22)17(32)26-11(4-2-8-25-20(23)24)18(33)28-9-3-5-13(28)16(31)27-12(19(34)35)6-7-14(21)30/h10-13,15,29H,2-9,22H2,1H3,(H2,21,30)(H,26,32)(H,27,31)(H,34,35)(H4,23,24,25). The number of aliphatic hydroxyl groups is 1. The predicted molar refractivity (Wildman–Crippen MR) is 124 cm³/mol. The maximum Gasteiger partial charge on any atom is 0.326 e. The summed E-state index contributed by atoms with van der Waals surface area (Å²) in [7, 11) is 0. The number of guanidine groups is 1. The summed E-state index contributed by atoms with van der Waals surface area (Å²) in [6, 6.07) is -4.69. The third kappa shape index (κ3) is 9.74. The lowest BCUT2D eigenvalue weighted by Gasteiger charge is -2.30. The van der Waals surface area contributed by atoms with Crippen molar-refractivity contribution in [3.63, 3.8) is 0 Å². The Balaban J connectivity index is 2.98. The van der Waals surface area contributed by atoms with E-state index < -0.39 is 59.9 Å². The lowest BCUT2D eigenvalue weighted by Crippen LogP contribution is -2.57. The molecule has 0 radical (unpaired) electrons. The zero-order valence-electron chi connectivity index (χ0n) is 19.7. The van der Waals surface area contributed by atoms with Crippen LogP contribution in [0.5, 0.6) is 0 Å². The molecule has 1 fully saturated rings. The number of carbonyl (C=O) groups is 5. The predicted octanol–water partition coefficient (Wildman–Crippen LogP) is -3.94. The molecule has 0 saturated carbocycles. The summed E-state index contributed by atoms with van der Waals surface area (Å²) in [6.45, 7) is 1.73. The van der Waals surface area contributed by atoms with Crippen molar-refractivity contribution in [2.45, 2.75) is 75.7 Å². The Bertz CT molecular complexity index is 815. The third-order valence-corrected chi connectivity index (χ3v) is 5.51. The Morgan fingerprint density at radius 3 is 2.29 bits per heavy atom. The van der Waals surface area contributed by atoms with E-state index in [-0.39, 0.29) is 44.7 Å². The number of aliphatic hydroxyl groups excluding tert-OH is 1. The SMILES string of the molecule is CC(O)C(N)C(=O)NC(CCCN=C(N)N)C(=O)N1CCCC1C(=O)NC(CCC(N)=O)C(=O)O. The van der Waals surface area contributed by atoms with Gasteiger partial charge in [0.1, 0.15) is 24.2 Å². The number of likely N-dealkylation sites (tertiary alicyclic amines) is 1. The minimum Gasteiger partial charge on any atom is -0.480 e. The van der Waals surface area contributed by atoms with E-state index >= 15 is 0 Å². The van der Waals surface area contributed by atoms with Crippen LogP contribution in [0.4, 0.5) is 0 Å². The van der Waals surface area contributed by atoms with Crippen molar-refractivity contribution in [2.24, 2.45) is 27.9 Å². The molecule has 0 aromatic heterocycles. The second-order valence-corrected chi connectivity index (χ2v) is 8.37. The van der Waals surface area contributed by atoms with E-state index in [1.54, 1.807) is 0 Å². The largest absolute Gasteiger partial charge is 0.480 e. The molecule has 5 atom stereocenters. The van der Waals surface area contributed by atoms with Gasteiger partial charge in [-0.05, 0) is 39.0 Å². The van der Waals surface area contributed by atoms with Crippen molar-refractivity contribution < 1.29 is 34.2 Å². The lowest BCUT2D eigenvalue weighted by molar-refractivity contribution is -0.145. The normalized spacial score (nSPS) is 18.6. The molecule has 1 saturated heterocycles. The molecule has 0 aliphatic carbocycles. The Kier molecular flexibility index (Phi) is 11.9. The van der Waals surface area contributed by atoms with Crippen molar-refractivity contribution in [3.05, 3.63) is 0 Å². The summed E-state index contributed by atoms with van der Waals surface area (Å²) in [5.41, 5.74) is 21.3. The highest BCUT2D eigenvalue weighted by molar-refractivity contribution is 5.94. The molecular formula is C20H36N8O7. The van der Waals surface area contributed by atoms with Crippen LogP contribution >= 0.6 is 0 Å². The van der Waals surface area contributed by atoms with Crippen LogP contribution in [0.15, 0.2) is 4.99 Å². The Hall–Kier alpha value is -3.46. The first-order chi connectivity index (χ1) is 16.3. The van der Waals surface area contributed by atoms with Gasteiger partial charge in [-0.15, -0.1) is 0 Å². The molecule has 4 amide bonds. The van der Waals surface area contributed by atoms with Crippen LogP contribution < -0.4 is 33.6 Å². The molecule has 1 rings (SSSR count). The maximum atomic E-state index is 13.3. The number of rotatable bonds is 14. The van der Waals surface area contributed by atoms with E-state index in [0.29, 0.717) is 12.8 Å². The average Bonchev–Trinajstić information content (AvgIpc) is 3.26. The van der Waals surface area contributed by atoms with Gasteiger partial charge in [0.25, 0.3) is 0 Å². The number of carboxylic acid groups (broad SMARTS) is 1.